The zero-order valence-electron chi connectivity index (χ0n) is 18.2. The summed E-state index contributed by atoms with van der Waals surface area (Å²) >= 11 is 6.32. The van der Waals surface area contributed by atoms with Crippen LogP contribution in [-0.2, 0) is 16.0 Å². The van der Waals surface area contributed by atoms with Crippen molar-refractivity contribution in [1.82, 2.24) is 9.80 Å². The Morgan fingerprint density at radius 3 is 2.34 bits per heavy atom. The van der Waals surface area contributed by atoms with E-state index >= 15 is 0 Å². The molecule has 0 saturated carbocycles. The van der Waals surface area contributed by atoms with E-state index < -0.39 is 0 Å². The van der Waals surface area contributed by atoms with Crippen LogP contribution in [-0.4, -0.2) is 67.6 Å². The molecule has 0 bridgehead atoms. The lowest BCUT2D eigenvalue weighted by Crippen LogP contribution is -2.50. The molecule has 2 heterocycles. The summed E-state index contributed by atoms with van der Waals surface area (Å²) < 4.78 is 11.3. The van der Waals surface area contributed by atoms with Gasteiger partial charge in [-0.2, -0.15) is 0 Å². The molecule has 170 valence electrons. The second-order valence-electron chi connectivity index (χ2n) is 8.20. The maximum atomic E-state index is 12.6. The highest BCUT2D eigenvalue weighted by Crippen LogP contribution is 2.37. The van der Waals surface area contributed by atoms with Crippen molar-refractivity contribution in [1.29, 1.82) is 0 Å². The van der Waals surface area contributed by atoms with Crippen LogP contribution in [0, 0.1) is 6.92 Å². The van der Waals surface area contributed by atoms with Gasteiger partial charge in [-0.3, -0.25) is 14.5 Å². The highest BCUT2D eigenvalue weighted by molar-refractivity contribution is 6.34. The summed E-state index contributed by atoms with van der Waals surface area (Å²) in [5.41, 5.74) is 2.71. The fourth-order valence-corrected chi connectivity index (χ4v) is 4.02. The van der Waals surface area contributed by atoms with Gasteiger partial charge in [0.25, 0.3) is 0 Å². The Labute approximate surface area is 193 Å². The van der Waals surface area contributed by atoms with E-state index in [1.807, 2.05) is 41.0 Å². The zero-order chi connectivity index (χ0) is 22.5. The number of benzene rings is 2. The van der Waals surface area contributed by atoms with Crippen LogP contribution >= 0.6 is 11.6 Å². The first-order chi connectivity index (χ1) is 15.5. The van der Waals surface area contributed by atoms with E-state index in [9.17, 15) is 9.59 Å². The Hall–Kier alpha value is -2.77. The molecule has 2 aliphatic heterocycles. The summed E-state index contributed by atoms with van der Waals surface area (Å²) in [5.74, 6) is 1.15. The zero-order valence-corrected chi connectivity index (χ0v) is 19.0. The van der Waals surface area contributed by atoms with E-state index in [2.05, 4.69) is 5.32 Å². The van der Waals surface area contributed by atoms with Crippen LogP contribution in [0.1, 0.15) is 17.5 Å². The van der Waals surface area contributed by atoms with Crippen molar-refractivity contribution in [3.8, 4) is 11.5 Å². The Kier molecular flexibility index (Phi) is 7.17. The summed E-state index contributed by atoms with van der Waals surface area (Å²) in [6.07, 6.45) is 1.21. The number of hydrogen-bond acceptors (Lipinski definition) is 5. The molecule has 8 heteroatoms. The molecule has 0 atom stereocenters. The third kappa shape index (κ3) is 5.72. The third-order valence-electron chi connectivity index (χ3n) is 5.68. The highest BCUT2D eigenvalue weighted by atomic mass is 35.5. The number of nitrogens with one attached hydrogen (secondary N) is 1. The van der Waals surface area contributed by atoms with E-state index in [1.54, 1.807) is 12.1 Å². The second kappa shape index (κ2) is 10.2. The number of hydrogen-bond donors (Lipinski definition) is 1. The molecule has 1 fully saturated rings. The normalized spacial score (nSPS) is 16.4. The molecule has 0 radical (unpaired) electrons. The maximum absolute atomic E-state index is 12.6. The van der Waals surface area contributed by atoms with E-state index in [4.69, 9.17) is 21.1 Å². The molecule has 7 nitrogen and oxygen atoms in total. The van der Waals surface area contributed by atoms with Gasteiger partial charge in [-0.05, 0) is 12.5 Å². The lowest BCUT2D eigenvalue weighted by Gasteiger charge is -2.34. The first-order valence-corrected chi connectivity index (χ1v) is 11.3. The molecule has 0 aromatic heterocycles. The van der Waals surface area contributed by atoms with Gasteiger partial charge in [0, 0.05) is 44.7 Å². The summed E-state index contributed by atoms with van der Waals surface area (Å²) in [7, 11) is 0. The molecule has 32 heavy (non-hydrogen) atoms. The van der Waals surface area contributed by atoms with Crippen molar-refractivity contribution >= 4 is 29.1 Å². The molecular weight excluding hydrogens is 430 g/mol. The fraction of sp³-hybridized carbons (Fsp3) is 0.417. The largest absolute Gasteiger partial charge is 0.490 e. The molecule has 1 saturated heterocycles. The molecule has 0 spiro atoms. The molecule has 2 aromatic carbocycles. The number of aryl methyl sites for hydroxylation is 1. The SMILES string of the molecule is Cc1ccc(CC(=O)N2CCN(CC(=O)Nc3cc4c(cc3Cl)OCCCO4)CC2)cc1. The second-order valence-corrected chi connectivity index (χ2v) is 8.60. The minimum Gasteiger partial charge on any atom is -0.490 e. The number of carbonyl (C=O) groups is 2. The van der Waals surface area contributed by atoms with Gasteiger partial charge < -0.3 is 19.7 Å². The minimum atomic E-state index is -0.152. The van der Waals surface area contributed by atoms with Gasteiger partial charge in [-0.1, -0.05) is 41.4 Å². The van der Waals surface area contributed by atoms with E-state index in [0.717, 1.165) is 12.0 Å². The number of nitrogens with zero attached hydrogens (tertiary/aromatic N) is 2. The quantitative estimate of drug-likeness (QED) is 0.746. The van der Waals surface area contributed by atoms with Crippen molar-refractivity contribution in [3.63, 3.8) is 0 Å². The average molecular weight is 458 g/mol. The predicted molar refractivity (Wildman–Crippen MR) is 124 cm³/mol. The Morgan fingerprint density at radius 2 is 1.66 bits per heavy atom. The van der Waals surface area contributed by atoms with Crippen LogP contribution < -0.4 is 14.8 Å². The smallest absolute Gasteiger partial charge is 0.238 e. The summed E-state index contributed by atoms with van der Waals surface area (Å²) in [6.45, 7) is 5.95. The van der Waals surface area contributed by atoms with Crippen molar-refractivity contribution in [2.75, 3.05) is 51.3 Å². The molecule has 2 aliphatic rings. The first-order valence-electron chi connectivity index (χ1n) is 10.9. The van der Waals surface area contributed by atoms with Gasteiger partial charge in [0.05, 0.1) is 36.9 Å². The molecule has 2 amide bonds. The van der Waals surface area contributed by atoms with Crippen LogP contribution in [0.3, 0.4) is 0 Å². The van der Waals surface area contributed by atoms with Crippen molar-refractivity contribution in [3.05, 3.63) is 52.5 Å². The van der Waals surface area contributed by atoms with Crippen LogP contribution in [0.5, 0.6) is 11.5 Å². The van der Waals surface area contributed by atoms with Gasteiger partial charge in [-0.15, -0.1) is 0 Å². The Morgan fingerprint density at radius 1 is 1.00 bits per heavy atom. The van der Waals surface area contributed by atoms with Crippen molar-refractivity contribution < 1.29 is 19.1 Å². The summed E-state index contributed by atoms with van der Waals surface area (Å²) in [5, 5.41) is 3.28. The highest BCUT2D eigenvalue weighted by Gasteiger charge is 2.23. The number of fused-ring (bicyclic) bond motifs is 1. The molecule has 0 aliphatic carbocycles. The number of carbonyl (C=O) groups excluding carboxylic acids is 2. The Bertz CT molecular complexity index is 972. The first kappa shape index (κ1) is 22.4. The van der Waals surface area contributed by atoms with E-state index in [0.29, 0.717) is 68.0 Å². The number of amides is 2. The third-order valence-corrected chi connectivity index (χ3v) is 5.99. The molecule has 1 N–H and O–H groups in total. The molecule has 0 unspecified atom stereocenters. The van der Waals surface area contributed by atoms with Crippen LogP contribution in [0.15, 0.2) is 36.4 Å². The molecule has 2 aromatic rings. The van der Waals surface area contributed by atoms with Crippen LogP contribution in [0.2, 0.25) is 5.02 Å². The van der Waals surface area contributed by atoms with Crippen molar-refractivity contribution in [2.45, 2.75) is 19.8 Å². The standard InChI is InChI=1S/C24H28ClN3O4/c1-17-3-5-18(6-4-17)13-24(30)28-9-7-27(8-10-28)16-23(29)26-20-15-22-21(14-19(20)25)31-11-2-12-32-22/h3-6,14-15H,2,7-13,16H2,1H3,(H,26,29). The lowest BCUT2D eigenvalue weighted by molar-refractivity contribution is -0.132. The number of halogens is 1. The number of anilines is 1. The van der Waals surface area contributed by atoms with Crippen molar-refractivity contribution in [2.24, 2.45) is 0 Å². The van der Waals surface area contributed by atoms with Gasteiger partial charge in [0.1, 0.15) is 0 Å². The topological polar surface area (TPSA) is 71.1 Å². The number of rotatable bonds is 5. The molecular formula is C24H28ClN3O4. The average Bonchev–Trinajstić information content (AvgIpc) is 3.01. The predicted octanol–water partition coefficient (Wildman–Crippen LogP) is 3.14. The van der Waals surface area contributed by atoms with Gasteiger partial charge >= 0.3 is 0 Å². The van der Waals surface area contributed by atoms with Crippen LogP contribution in [0.25, 0.3) is 0 Å². The molecule has 4 rings (SSSR count). The lowest BCUT2D eigenvalue weighted by atomic mass is 10.1. The fourth-order valence-electron chi connectivity index (χ4n) is 3.82. The van der Waals surface area contributed by atoms with Gasteiger partial charge in [0.2, 0.25) is 11.8 Å². The monoisotopic (exact) mass is 457 g/mol. The number of ether oxygens (including phenoxy) is 2. The summed E-state index contributed by atoms with van der Waals surface area (Å²) in [4.78, 5) is 29.1. The summed E-state index contributed by atoms with van der Waals surface area (Å²) in [6, 6.07) is 11.4. The van der Waals surface area contributed by atoms with Gasteiger partial charge in [-0.25, -0.2) is 0 Å². The minimum absolute atomic E-state index is 0.122. The number of piperazine rings is 1. The Balaban J connectivity index is 1.26. The van der Waals surface area contributed by atoms with Gasteiger partial charge in [0.15, 0.2) is 11.5 Å². The van der Waals surface area contributed by atoms with E-state index in [1.165, 1.54) is 5.56 Å². The van der Waals surface area contributed by atoms with E-state index in [-0.39, 0.29) is 18.4 Å². The van der Waals surface area contributed by atoms with Crippen LogP contribution in [0.4, 0.5) is 5.69 Å². The maximum Gasteiger partial charge on any atom is 0.238 e.